The summed E-state index contributed by atoms with van der Waals surface area (Å²) in [5, 5.41) is 8.29. The lowest BCUT2D eigenvalue weighted by Gasteiger charge is -2.27. The first-order valence-electron chi connectivity index (χ1n) is 16.2. The van der Waals surface area contributed by atoms with Gasteiger partial charge in [-0.25, -0.2) is 4.79 Å². The number of fused-ring (bicyclic) bond motifs is 1. The van der Waals surface area contributed by atoms with Gasteiger partial charge in [0, 0.05) is 93.4 Å². The van der Waals surface area contributed by atoms with Crippen LogP contribution in [0.15, 0.2) is 54.6 Å². The van der Waals surface area contributed by atoms with Crippen LogP contribution in [0.2, 0.25) is 0 Å². The number of amides is 4. The Morgan fingerprint density at radius 2 is 1.49 bits per heavy atom. The lowest BCUT2D eigenvalue weighted by Crippen LogP contribution is -2.33. The maximum atomic E-state index is 13.5. The number of rotatable bonds is 8. The highest BCUT2D eigenvalue weighted by atomic mass is 16.5. The number of likely N-dealkylation sites (tertiary alicyclic amines) is 1. The van der Waals surface area contributed by atoms with E-state index < -0.39 is 23.2 Å². The molecule has 4 aromatic heterocycles. The molecule has 3 aliphatic rings. The summed E-state index contributed by atoms with van der Waals surface area (Å²) in [5.41, 5.74) is 4.59. The maximum Gasteiger partial charge on any atom is 0.340 e. The SMILES string of the molecule is COC(=O)c1c(C)[nH]c2c1[C@@]13C[C@@H]1CN(C(=O)/C=C/c1cc(NC(=O)c4cc(NC(=O)c5cc(NC(C)=O)cn5C)cn4C)cn1C)C3=CC2=O. The highest BCUT2D eigenvalue weighted by Crippen LogP contribution is 2.67. The first-order valence-corrected chi connectivity index (χ1v) is 16.2. The molecule has 262 valence electrons. The molecule has 2 aliphatic carbocycles. The Morgan fingerprint density at radius 1 is 0.902 bits per heavy atom. The van der Waals surface area contributed by atoms with Crippen LogP contribution in [0.5, 0.6) is 0 Å². The highest BCUT2D eigenvalue weighted by molar-refractivity contribution is 6.12. The van der Waals surface area contributed by atoms with E-state index in [0.29, 0.717) is 68.9 Å². The Hall–Kier alpha value is -6.38. The summed E-state index contributed by atoms with van der Waals surface area (Å²) in [6, 6.07) is 4.83. The summed E-state index contributed by atoms with van der Waals surface area (Å²) in [5.74, 6) is -2.11. The van der Waals surface area contributed by atoms with E-state index >= 15 is 0 Å². The van der Waals surface area contributed by atoms with Gasteiger partial charge in [-0.3, -0.25) is 24.0 Å². The molecule has 15 nitrogen and oxygen atoms in total. The van der Waals surface area contributed by atoms with Crippen molar-refractivity contribution in [1.29, 1.82) is 0 Å². The predicted octanol–water partition coefficient (Wildman–Crippen LogP) is 3.48. The first-order chi connectivity index (χ1) is 24.2. The minimum atomic E-state index is -0.582. The topological polar surface area (TPSA) is 182 Å². The van der Waals surface area contributed by atoms with Crippen LogP contribution in [-0.4, -0.2) is 72.6 Å². The molecule has 1 saturated carbocycles. The average Bonchev–Trinajstić information content (AvgIpc) is 3.54. The van der Waals surface area contributed by atoms with Gasteiger partial charge in [0.05, 0.1) is 35.4 Å². The number of piperidine rings is 1. The van der Waals surface area contributed by atoms with Gasteiger partial charge in [-0.15, -0.1) is 0 Å². The zero-order valence-corrected chi connectivity index (χ0v) is 28.8. The molecule has 5 heterocycles. The van der Waals surface area contributed by atoms with E-state index in [1.165, 1.54) is 26.2 Å². The van der Waals surface area contributed by atoms with Crippen LogP contribution in [0.3, 0.4) is 0 Å². The van der Waals surface area contributed by atoms with Gasteiger partial charge in [0.15, 0.2) is 0 Å². The van der Waals surface area contributed by atoms with Gasteiger partial charge < -0.3 is 44.3 Å². The molecule has 2 fully saturated rings. The monoisotopic (exact) mass is 692 g/mol. The maximum absolute atomic E-state index is 13.5. The molecule has 51 heavy (non-hydrogen) atoms. The van der Waals surface area contributed by atoms with E-state index in [0.717, 1.165) is 6.42 Å². The van der Waals surface area contributed by atoms with Crippen molar-refractivity contribution in [3.63, 3.8) is 0 Å². The van der Waals surface area contributed by atoms with Crippen LogP contribution in [-0.2, 0) is 40.9 Å². The summed E-state index contributed by atoms with van der Waals surface area (Å²) in [6.45, 7) is 3.54. The number of ether oxygens (including phenoxy) is 1. The number of nitrogens with zero attached hydrogens (tertiary/aromatic N) is 4. The number of carbonyl (C=O) groups excluding carboxylic acids is 6. The number of aryl methyl sites for hydroxylation is 4. The number of ketones is 1. The van der Waals surface area contributed by atoms with Gasteiger partial charge in [-0.2, -0.15) is 0 Å². The number of aromatic amines is 1. The average molecular weight is 693 g/mol. The van der Waals surface area contributed by atoms with Crippen LogP contribution in [0.4, 0.5) is 17.1 Å². The van der Waals surface area contributed by atoms with Crippen molar-refractivity contribution in [2.75, 3.05) is 29.6 Å². The second-order valence-corrected chi connectivity index (χ2v) is 13.2. The minimum absolute atomic E-state index is 0.0794. The van der Waals surface area contributed by atoms with Gasteiger partial charge in [0.2, 0.25) is 11.7 Å². The van der Waals surface area contributed by atoms with Gasteiger partial charge in [0.25, 0.3) is 17.7 Å². The summed E-state index contributed by atoms with van der Waals surface area (Å²) in [6.07, 6.45) is 10.3. The number of allylic oxidation sites excluding steroid dienone is 2. The molecule has 4 N–H and O–H groups in total. The molecule has 0 radical (unpaired) electrons. The molecule has 1 spiro atoms. The molecule has 0 bridgehead atoms. The van der Waals surface area contributed by atoms with E-state index in [-0.39, 0.29) is 23.5 Å². The Balaban J connectivity index is 1.02. The molecular formula is C36H36N8O7. The molecule has 0 unspecified atom stereocenters. The number of hydrogen-bond acceptors (Lipinski definition) is 7. The summed E-state index contributed by atoms with van der Waals surface area (Å²) < 4.78 is 9.96. The smallest absolute Gasteiger partial charge is 0.340 e. The van der Waals surface area contributed by atoms with E-state index in [2.05, 4.69) is 20.9 Å². The van der Waals surface area contributed by atoms with Crippen molar-refractivity contribution < 1.29 is 33.5 Å². The van der Waals surface area contributed by atoms with E-state index in [1.54, 1.807) is 89.5 Å². The van der Waals surface area contributed by atoms with Crippen molar-refractivity contribution >= 4 is 58.5 Å². The standard InChI is InChI=1S/C36H36N8O7/c1-18-30(35(50)51-6)31-32(37-18)27(46)12-28-36(31)13-20(36)14-44(28)29(47)8-7-24-9-21(15-41(24)3)39-33(48)26-11-23(17-43(26)5)40-34(49)25-10-22(16-42(25)4)38-19(2)45/h7-12,15-17,20,37H,13-14H2,1-6H3,(H,38,45)(H,39,48)(H,40,49)/b8-7+/t20-,36+/m1/s1. The number of aromatic nitrogens is 4. The largest absolute Gasteiger partial charge is 0.465 e. The predicted molar refractivity (Wildman–Crippen MR) is 186 cm³/mol. The Kier molecular flexibility index (Phi) is 7.73. The van der Waals surface area contributed by atoms with E-state index in [4.69, 9.17) is 4.74 Å². The lowest BCUT2D eigenvalue weighted by molar-refractivity contribution is -0.124. The van der Waals surface area contributed by atoms with Gasteiger partial charge in [0.1, 0.15) is 11.4 Å². The van der Waals surface area contributed by atoms with Crippen molar-refractivity contribution in [2.24, 2.45) is 27.1 Å². The fourth-order valence-corrected chi connectivity index (χ4v) is 7.46. The number of methoxy groups -OCH3 is 1. The van der Waals surface area contributed by atoms with Crippen molar-refractivity contribution in [1.82, 2.24) is 23.6 Å². The Bertz CT molecular complexity index is 2280. The third kappa shape index (κ3) is 5.46. The highest BCUT2D eigenvalue weighted by Gasteiger charge is 2.68. The number of carbonyl (C=O) groups is 6. The fourth-order valence-electron chi connectivity index (χ4n) is 7.46. The minimum Gasteiger partial charge on any atom is -0.465 e. The van der Waals surface area contributed by atoms with Crippen LogP contribution >= 0.6 is 0 Å². The Morgan fingerprint density at radius 3 is 2.10 bits per heavy atom. The summed E-state index contributed by atoms with van der Waals surface area (Å²) in [7, 11) is 6.46. The number of esters is 1. The third-order valence-corrected chi connectivity index (χ3v) is 9.81. The molecule has 4 amide bonds. The molecule has 4 aromatic rings. The third-order valence-electron chi connectivity index (χ3n) is 9.81. The van der Waals surface area contributed by atoms with Crippen LogP contribution in [0.25, 0.3) is 6.08 Å². The zero-order chi connectivity index (χ0) is 36.5. The number of nitrogens with one attached hydrogen (secondary N) is 4. The van der Waals surface area contributed by atoms with Crippen molar-refractivity contribution in [2.45, 2.75) is 25.7 Å². The normalized spacial score (nSPS) is 18.5. The molecule has 1 saturated heterocycles. The van der Waals surface area contributed by atoms with Gasteiger partial charge >= 0.3 is 5.97 Å². The molecular weight excluding hydrogens is 656 g/mol. The van der Waals surface area contributed by atoms with Crippen LogP contribution in [0.1, 0.15) is 72.1 Å². The molecule has 7 rings (SSSR count). The summed E-state index contributed by atoms with van der Waals surface area (Å²) >= 11 is 0. The van der Waals surface area contributed by atoms with Crippen LogP contribution < -0.4 is 16.0 Å². The molecule has 0 aromatic carbocycles. The second kappa shape index (κ2) is 11.9. The van der Waals surface area contributed by atoms with Gasteiger partial charge in [-0.1, -0.05) is 0 Å². The van der Waals surface area contributed by atoms with E-state index in [9.17, 15) is 28.8 Å². The fraction of sp³-hybridized carbons (Fsp3) is 0.278. The summed E-state index contributed by atoms with van der Waals surface area (Å²) in [4.78, 5) is 81.6. The Labute approximate surface area is 291 Å². The number of H-pyrrole nitrogens is 1. The van der Waals surface area contributed by atoms with Crippen molar-refractivity contribution in [3.05, 3.63) is 94.2 Å². The molecule has 2 atom stereocenters. The zero-order valence-electron chi connectivity index (χ0n) is 28.8. The van der Waals surface area contributed by atoms with E-state index in [1.807, 2.05) is 0 Å². The number of hydrogen-bond donors (Lipinski definition) is 4. The molecule has 1 aliphatic heterocycles. The lowest BCUT2D eigenvalue weighted by atomic mass is 9.82. The molecule has 15 heteroatoms. The van der Waals surface area contributed by atoms with Gasteiger partial charge in [-0.05, 0) is 43.5 Å². The van der Waals surface area contributed by atoms with Crippen molar-refractivity contribution in [3.8, 4) is 0 Å². The quantitative estimate of drug-likeness (QED) is 0.161. The number of anilines is 3. The second-order valence-electron chi connectivity index (χ2n) is 13.2. The first kappa shape index (κ1) is 33.1. The van der Waals surface area contributed by atoms with Crippen LogP contribution in [0, 0.1) is 12.8 Å².